The summed E-state index contributed by atoms with van der Waals surface area (Å²) in [6.07, 6.45) is 0. The number of ether oxygens (including phenoxy) is 3. The maximum absolute atomic E-state index is 13.5. The Labute approximate surface area is 207 Å². The van der Waals surface area contributed by atoms with E-state index in [1.165, 1.54) is 14.2 Å². The van der Waals surface area contributed by atoms with E-state index in [1.807, 2.05) is 19.9 Å². The van der Waals surface area contributed by atoms with E-state index in [0.717, 1.165) is 11.1 Å². The van der Waals surface area contributed by atoms with Crippen LogP contribution in [0.3, 0.4) is 0 Å². The van der Waals surface area contributed by atoms with Gasteiger partial charge in [0, 0.05) is 11.6 Å². The van der Waals surface area contributed by atoms with Crippen LogP contribution in [0.25, 0.3) is 22.3 Å². The van der Waals surface area contributed by atoms with Gasteiger partial charge in [-0.15, -0.1) is 0 Å². The maximum atomic E-state index is 13.5. The number of carbonyl (C=O) groups is 1. The molecule has 0 aliphatic heterocycles. The monoisotopic (exact) mass is 493 g/mol. The summed E-state index contributed by atoms with van der Waals surface area (Å²) in [5.74, 6) is 0.589. The van der Waals surface area contributed by atoms with Gasteiger partial charge in [-0.2, -0.15) is 0 Å². The molecule has 0 fully saturated rings. The van der Waals surface area contributed by atoms with E-state index in [0.29, 0.717) is 38.7 Å². The minimum atomic E-state index is -0.487. The molecule has 0 radical (unpaired) electrons. The lowest BCUT2D eigenvalue weighted by Crippen LogP contribution is -2.23. The van der Waals surface area contributed by atoms with E-state index in [2.05, 4.69) is 5.32 Å². The van der Waals surface area contributed by atoms with Crippen molar-refractivity contribution in [2.24, 2.45) is 0 Å². The maximum Gasteiger partial charge on any atom is 0.262 e. The summed E-state index contributed by atoms with van der Waals surface area (Å²) in [6, 6.07) is 15.6. The molecular weight excluding hydrogens is 470 g/mol. The molecule has 4 aromatic rings. The first kappa shape index (κ1) is 24.2. The average Bonchev–Trinajstić information content (AvgIpc) is 2.83. The van der Waals surface area contributed by atoms with Crippen molar-refractivity contribution in [2.75, 3.05) is 26.1 Å². The van der Waals surface area contributed by atoms with E-state index < -0.39 is 12.5 Å². The number of amides is 1. The normalized spacial score (nSPS) is 10.8. The highest BCUT2D eigenvalue weighted by Gasteiger charge is 2.22. The lowest BCUT2D eigenvalue weighted by Gasteiger charge is -2.15. The number of nitrogens with one attached hydrogen (secondary N) is 1. The van der Waals surface area contributed by atoms with Crippen LogP contribution in [-0.4, -0.2) is 26.7 Å². The summed E-state index contributed by atoms with van der Waals surface area (Å²) in [7, 11) is 3.02. The molecule has 0 bridgehead atoms. The topological polar surface area (TPSA) is 87.0 Å². The SMILES string of the molecule is COc1ccc(NC(=O)COc2c(-c3ccccc3Cl)oc3cc(C)cc(C)c3c2=O)c(OC)c1. The van der Waals surface area contributed by atoms with Crippen molar-refractivity contribution < 1.29 is 23.4 Å². The standard InChI is InChI=1S/C27H24ClNO6/c1-15-11-16(2)24-22(12-15)35-26(18-7-5-6-8-19(18)28)27(25(24)31)34-14-23(30)29-20-10-9-17(32-3)13-21(20)33-4/h5-13H,14H2,1-4H3,(H,29,30). The van der Waals surface area contributed by atoms with Crippen LogP contribution in [0.15, 0.2) is 63.8 Å². The second-order valence-electron chi connectivity index (χ2n) is 7.93. The van der Waals surface area contributed by atoms with Gasteiger partial charge in [0.25, 0.3) is 5.91 Å². The average molecular weight is 494 g/mol. The molecule has 1 aromatic heterocycles. The zero-order chi connectivity index (χ0) is 25.1. The van der Waals surface area contributed by atoms with Crippen molar-refractivity contribution in [1.29, 1.82) is 0 Å². The van der Waals surface area contributed by atoms with Crippen molar-refractivity contribution in [2.45, 2.75) is 13.8 Å². The first-order valence-corrected chi connectivity index (χ1v) is 11.2. The zero-order valence-corrected chi connectivity index (χ0v) is 20.5. The van der Waals surface area contributed by atoms with Gasteiger partial charge in [0.2, 0.25) is 11.2 Å². The van der Waals surface area contributed by atoms with Gasteiger partial charge < -0.3 is 23.9 Å². The molecule has 0 atom stereocenters. The number of carbonyl (C=O) groups excluding carboxylic acids is 1. The van der Waals surface area contributed by atoms with Crippen LogP contribution in [0.4, 0.5) is 5.69 Å². The summed E-state index contributed by atoms with van der Waals surface area (Å²) in [4.78, 5) is 26.2. The fourth-order valence-corrected chi connectivity index (χ4v) is 4.07. The van der Waals surface area contributed by atoms with Gasteiger partial charge >= 0.3 is 0 Å². The number of hydrogen-bond donors (Lipinski definition) is 1. The summed E-state index contributed by atoms with van der Waals surface area (Å²) in [6.45, 7) is 3.31. The Balaban J connectivity index is 1.71. The van der Waals surface area contributed by atoms with Crippen LogP contribution in [0, 0.1) is 13.8 Å². The molecule has 3 aromatic carbocycles. The Morgan fingerprint density at radius 3 is 2.51 bits per heavy atom. The van der Waals surface area contributed by atoms with Gasteiger partial charge in [-0.1, -0.05) is 29.8 Å². The molecular formula is C27H24ClNO6. The first-order chi connectivity index (χ1) is 16.8. The van der Waals surface area contributed by atoms with Gasteiger partial charge in [-0.3, -0.25) is 9.59 Å². The minimum absolute atomic E-state index is 0.0885. The van der Waals surface area contributed by atoms with Crippen LogP contribution < -0.4 is 25.0 Å². The third kappa shape index (κ3) is 4.95. The van der Waals surface area contributed by atoms with E-state index in [9.17, 15) is 9.59 Å². The smallest absolute Gasteiger partial charge is 0.262 e. The molecule has 35 heavy (non-hydrogen) atoms. The molecule has 1 N–H and O–H groups in total. The fraction of sp³-hybridized carbons (Fsp3) is 0.185. The molecule has 8 heteroatoms. The molecule has 0 saturated heterocycles. The molecule has 0 spiro atoms. The third-order valence-electron chi connectivity index (χ3n) is 5.44. The van der Waals surface area contributed by atoms with E-state index >= 15 is 0 Å². The molecule has 0 aliphatic rings. The minimum Gasteiger partial charge on any atom is -0.497 e. The molecule has 4 rings (SSSR count). The second-order valence-corrected chi connectivity index (χ2v) is 8.33. The van der Waals surface area contributed by atoms with Crippen molar-refractivity contribution in [3.63, 3.8) is 0 Å². The summed E-state index contributed by atoms with van der Waals surface area (Å²) in [5, 5.41) is 3.50. The number of halogens is 1. The number of aryl methyl sites for hydroxylation is 2. The highest BCUT2D eigenvalue weighted by atomic mass is 35.5. The number of benzene rings is 3. The predicted molar refractivity (Wildman–Crippen MR) is 136 cm³/mol. The Bertz CT molecular complexity index is 1480. The molecule has 0 aliphatic carbocycles. The summed E-state index contributed by atoms with van der Waals surface area (Å²) in [5.41, 5.74) is 2.65. The quantitative estimate of drug-likeness (QED) is 0.352. The molecule has 1 heterocycles. The van der Waals surface area contributed by atoms with Crippen molar-refractivity contribution in [3.8, 4) is 28.6 Å². The largest absolute Gasteiger partial charge is 0.497 e. The van der Waals surface area contributed by atoms with Crippen LogP contribution in [0.5, 0.6) is 17.2 Å². The number of fused-ring (bicyclic) bond motifs is 1. The van der Waals surface area contributed by atoms with Gasteiger partial charge in [0.15, 0.2) is 12.4 Å². The van der Waals surface area contributed by atoms with Crippen molar-refractivity contribution in [3.05, 3.63) is 81.0 Å². The number of hydrogen-bond acceptors (Lipinski definition) is 6. The molecule has 0 unspecified atom stereocenters. The number of methoxy groups -OCH3 is 2. The molecule has 1 amide bonds. The van der Waals surface area contributed by atoms with Crippen molar-refractivity contribution in [1.82, 2.24) is 0 Å². The Morgan fingerprint density at radius 1 is 1.03 bits per heavy atom. The fourth-order valence-electron chi connectivity index (χ4n) is 3.85. The van der Waals surface area contributed by atoms with Gasteiger partial charge in [-0.05, 0) is 55.3 Å². The second kappa shape index (κ2) is 10.1. The van der Waals surface area contributed by atoms with E-state index in [4.69, 9.17) is 30.2 Å². The molecule has 7 nitrogen and oxygen atoms in total. The predicted octanol–water partition coefficient (Wildman–Crippen LogP) is 5.76. The number of anilines is 1. The highest BCUT2D eigenvalue weighted by Crippen LogP contribution is 2.36. The van der Waals surface area contributed by atoms with E-state index in [-0.39, 0.29) is 16.9 Å². The first-order valence-electron chi connectivity index (χ1n) is 10.8. The lowest BCUT2D eigenvalue weighted by molar-refractivity contribution is -0.118. The summed E-state index contributed by atoms with van der Waals surface area (Å²) >= 11 is 6.40. The van der Waals surface area contributed by atoms with E-state index in [1.54, 1.807) is 48.5 Å². The molecule has 0 saturated carbocycles. The Hall–Kier alpha value is -3.97. The highest BCUT2D eigenvalue weighted by molar-refractivity contribution is 6.33. The van der Waals surface area contributed by atoms with Crippen LogP contribution in [0.2, 0.25) is 5.02 Å². The Kier molecular flexibility index (Phi) is 6.98. The van der Waals surface area contributed by atoms with Gasteiger partial charge in [-0.25, -0.2) is 0 Å². The number of rotatable bonds is 7. The zero-order valence-electron chi connectivity index (χ0n) is 19.7. The lowest BCUT2D eigenvalue weighted by atomic mass is 10.0. The van der Waals surface area contributed by atoms with Gasteiger partial charge in [0.1, 0.15) is 17.1 Å². The molecule has 180 valence electrons. The van der Waals surface area contributed by atoms with Crippen LogP contribution >= 0.6 is 11.6 Å². The third-order valence-corrected chi connectivity index (χ3v) is 5.77. The summed E-state index contributed by atoms with van der Waals surface area (Å²) < 4.78 is 22.4. The Morgan fingerprint density at radius 2 is 1.80 bits per heavy atom. The van der Waals surface area contributed by atoms with Crippen molar-refractivity contribution >= 4 is 34.2 Å². The van der Waals surface area contributed by atoms with Gasteiger partial charge in [0.05, 0.1) is 30.3 Å². The van der Waals surface area contributed by atoms with Crippen LogP contribution in [0.1, 0.15) is 11.1 Å². The van der Waals surface area contributed by atoms with Crippen LogP contribution in [-0.2, 0) is 4.79 Å².